The Morgan fingerprint density at radius 1 is 1.21 bits per heavy atom. The molecule has 0 rings (SSSR count). The van der Waals surface area contributed by atoms with Crippen LogP contribution >= 0.6 is 0 Å². The Bertz CT molecular complexity index is 132. The van der Waals surface area contributed by atoms with Gasteiger partial charge in [0.05, 0.1) is 6.61 Å². The molecule has 2 heteroatoms. The molecule has 0 spiro atoms. The normalized spacial score (nSPS) is 16.7. The minimum absolute atomic E-state index is 0.255. The monoisotopic (exact) mass is 201 g/mol. The highest BCUT2D eigenvalue weighted by molar-refractivity contribution is 4.91. The molecule has 1 N–H and O–H groups in total. The molecule has 0 saturated heterocycles. The fourth-order valence-electron chi connectivity index (χ4n) is 2.16. The van der Waals surface area contributed by atoms with E-state index in [2.05, 4.69) is 33.0 Å². The molecule has 2 nitrogen and oxygen atoms in total. The predicted molar refractivity (Wildman–Crippen MR) is 62.6 cm³/mol. The van der Waals surface area contributed by atoms with Crippen LogP contribution in [-0.4, -0.2) is 27.3 Å². The predicted octanol–water partition coefficient (Wildman–Crippen LogP) is 2.68. The van der Waals surface area contributed by atoms with Crippen LogP contribution in [0.1, 0.15) is 40.5 Å². The third-order valence-electron chi connectivity index (χ3n) is 3.26. The zero-order chi connectivity index (χ0) is 11.2. The second kappa shape index (κ2) is 5.72. The van der Waals surface area contributed by atoms with Crippen molar-refractivity contribution in [2.75, 3.05) is 27.3 Å². The summed E-state index contributed by atoms with van der Waals surface area (Å²) in [7, 11) is 3.82. The average molecular weight is 201 g/mol. The van der Waals surface area contributed by atoms with E-state index >= 15 is 0 Å². The van der Waals surface area contributed by atoms with Crippen molar-refractivity contribution in [3.63, 3.8) is 0 Å². The lowest BCUT2D eigenvalue weighted by Crippen LogP contribution is -2.46. The van der Waals surface area contributed by atoms with Crippen LogP contribution in [-0.2, 0) is 4.74 Å². The molecule has 1 unspecified atom stereocenters. The first-order chi connectivity index (χ1) is 6.43. The molecule has 0 heterocycles. The molecule has 1 atom stereocenters. The summed E-state index contributed by atoms with van der Waals surface area (Å²) in [6, 6.07) is 0. The van der Waals surface area contributed by atoms with Gasteiger partial charge in [-0.1, -0.05) is 34.1 Å². The number of hydrogen-bond acceptors (Lipinski definition) is 2. The summed E-state index contributed by atoms with van der Waals surface area (Å²) in [5.41, 5.74) is 0.535. The third kappa shape index (κ3) is 3.25. The van der Waals surface area contributed by atoms with Gasteiger partial charge in [0.25, 0.3) is 0 Å². The average Bonchev–Trinajstić information content (AvgIpc) is 2.03. The summed E-state index contributed by atoms with van der Waals surface area (Å²) in [5.74, 6) is 0. The second-order valence-corrected chi connectivity index (χ2v) is 5.24. The van der Waals surface area contributed by atoms with Crippen molar-refractivity contribution < 1.29 is 4.74 Å². The zero-order valence-electron chi connectivity index (χ0n) is 10.7. The smallest absolute Gasteiger partial charge is 0.0535 e. The van der Waals surface area contributed by atoms with Crippen LogP contribution in [0.2, 0.25) is 0 Å². The first kappa shape index (κ1) is 13.9. The number of rotatable bonds is 6. The van der Waals surface area contributed by atoms with Crippen molar-refractivity contribution >= 4 is 0 Å². The maximum absolute atomic E-state index is 5.40. The Balaban J connectivity index is 4.73. The highest BCUT2D eigenvalue weighted by Gasteiger charge is 2.40. The molecular formula is C12H27NO. The maximum atomic E-state index is 5.40. The molecule has 0 saturated carbocycles. The fourth-order valence-corrected chi connectivity index (χ4v) is 2.16. The van der Waals surface area contributed by atoms with Gasteiger partial charge in [0.2, 0.25) is 0 Å². The Kier molecular flexibility index (Phi) is 5.68. The highest BCUT2D eigenvalue weighted by atomic mass is 16.5. The summed E-state index contributed by atoms with van der Waals surface area (Å²) < 4.78 is 5.40. The van der Waals surface area contributed by atoms with Gasteiger partial charge in [-0.3, -0.25) is 0 Å². The first-order valence-electron chi connectivity index (χ1n) is 5.57. The molecule has 0 aliphatic heterocycles. The van der Waals surface area contributed by atoms with Gasteiger partial charge >= 0.3 is 0 Å². The molecule has 0 aromatic rings. The molecule has 0 fully saturated rings. The maximum Gasteiger partial charge on any atom is 0.0535 e. The van der Waals surface area contributed by atoms with Crippen molar-refractivity contribution in [3.8, 4) is 0 Å². The summed E-state index contributed by atoms with van der Waals surface area (Å²) in [6.07, 6.45) is 2.42. The molecule has 0 aliphatic carbocycles. The topological polar surface area (TPSA) is 21.3 Å². The number of ether oxygens (including phenoxy) is 1. The SMILES string of the molecule is CCCC(CNC)(COC)C(C)(C)C. The first-order valence-corrected chi connectivity index (χ1v) is 5.57. The molecule has 0 aliphatic rings. The molecule has 14 heavy (non-hydrogen) atoms. The van der Waals surface area contributed by atoms with Crippen LogP contribution in [0.5, 0.6) is 0 Å². The summed E-state index contributed by atoms with van der Waals surface area (Å²) >= 11 is 0. The lowest BCUT2D eigenvalue weighted by Gasteiger charge is -2.44. The van der Waals surface area contributed by atoms with Crippen molar-refractivity contribution in [3.05, 3.63) is 0 Å². The molecular weight excluding hydrogens is 174 g/mol. The van der Waals surface area contributed by atoms with E-state index in [4.69, 9.17) is 4.74 Å². The van der Waals surface area contributed by atoms with Crippen LogP contribution < -0.4 is 5.32 Å². The van der Waals surface area contributed by atoms with E-state index < -0.39 is 0 Å². The van der Waals surface area contributed by atoms with Gasteiger partial charge in [0.15, 0.2) is 0 Å². The lowest BCUT2D eigenvalue weighted by molar-refractivity contribution is -0.0122. The van der Waals surface area contributed by atoms with Gasteiger partial charge in [-0.25, -0.2) is 0 Å². The summed E-state index contributed by atoms with van der Waals surface area (Å²) in [5, 5.41) is 3.30. The van der Waals surface area contributed by atoms with E-state index in [1.54, 1.807) is 7.11 Å². The lowest BCUT2D eigenvalue weighted by atomic mass is 9.64. The van der Waals surface area contributed by atoms with Gasteiger partial charge in [0.1, 0.15) is 0 Å². The van der Waals surface area contributed by atoms with E-state index in [0.717, 1.165) is 13.2 Å². The molecule has 0 aromatic carbocycles. The Morgan fingerprint density at radius 3 is 2.07 bits per heavy atom. The Morgan fingerprint density at radius 2 is 1.79 bits per heavy atom. The van der Waals surface area contributed by atoms with Gasteiger partial charge < -0.3 is 10.1 Å². The minimum Gasteiger partial charge on any atom is -0.384 e. The third-order valence-corrected chi connectivity index (χ3v) is 3.26. The summed E-state index contributed by atoms with van der Waals surface area (Å²) in [4.78, 5) is 0. The Hall–Kier alpha value is -0.0800. The quantitative estimate of drug-likeness (QED) is 0.713. The largest absolute Gasteiger partial charge is 0.384 e. The summed E-state index contributed by atoms with van der Waals surface area (Å²) in [6.45, 7) is 11.0. The fraction of sp³-hybridized carbons (Fsp3) is 1.00. The number of methoxy groups -OCH3 is 1. The minimum atomic E-state index is 0.255. The van der Waals surface area contributed by atoms with Crippen LogP contribution in [0.15, 0.2) is 0 Å². The highest BCUT2D eigenvalue weighted by Crippen LogP contribution is 2.42. The van der Waals surface area contributed by atoms with Gasteiger partial charge in [0, 0.05) is 19.1 Å². The van der Waals surface area contributed by atoms with Crippen LogP contribution in [0.4, 0.5) is 0 Å². The van der Waals surface area contributed by atoms with Crippen molar-refractivity contribution in [2.24, 2.45) is 10.8 Å². The molecule has 0 radical (unpaired) electrons. The van der Waals surface area contributed by atoms with Crippen molar-refractivity contribution in [1.82, 2.24) is 5.32 Å². The number of hydrogen-bond donors (Lipinski definition) is 1. The van der Waals surface area contributed by atoms with Crippen LogP contribution in [0, 0.1) is 10.8 Å². The standard InChI is InChI=1S/C12H27NO/c1-7-8-12(9-13-5,10-14-6)11(2,3)4/h13H,7-10H2,1-6H3. The van der Waals surface area contributed by atoms with Crippen molar-refractivity contribution in [2.45, 2.75) is 40.5 Å². The second-order valence-electron chi connectivity index (χ2n) is 5.24. The van der Waals surface area contributed by atoms with Crippen molar-refractivity contribution in [1.29, 1.82) is 0 Å². The molecule has 86 valence electrons. The molecule has 0 aromatic heterocycles. The van der Waals surface area contributed by atoms with Gasteiger partial charge in [-0.2, -0.15) is 0 Å². The van der Waals surface area contributed by atoms with Gasteiger partial charge in [-0.15, -0.1) is 0 Å². The number of nitrogens with one attached hydrogen (secondary N) is 1. The molecule has 0 amide bonds. The molecule has 0 bridgehead atoms. The van der Waals surface area contributed by atoms with E-state index in [0.29, 0.717) is 0 Å². The van der Waals surface area contributed by atoms with Gasteiger partial charge in [-0.05, 0) is 18.9 Å². The van der Waals surface area contributed by atoms with Crippen LogP contribution in [0.3, 0.4) is 0 Å². The van der Waals surface area contributed by atoms with E-state index in [1.165, 1.54) is 12.8 Å². The van der Waals surface area contributed by atoms with Crippen LogP contribution in [0.25, 0.3) is 0 Å². The van der Waals surface area contributed by atoms with E-state index in [1.807, 2.05) is 7.05 Å². The van der Waals surface area contributed by atoms with E-state index in [9.17, 15) is 0 Å². The van der Waals surface area contributed by atoms with E-state index in [-0.39, 0.29) is 10.8 Å². The Labute approximate surface area is 89.4 Å². The zero-order valence-corrected chi connectivity index (χ0v) is 10.7.